The highest BCUT2D eigenvalue weighted by atomic mass is 19.3. The number of aliphatic carboxylic acids is 1. The summed E-state index contributed by atoms with van der Waals surface area (Å²) in [4.78, 5) is 22.5. The number of likely N-dealkylation sites (tertiary alicyclic amines) is 1. The molecule has 0 aromatic heterocycles. The van der Waals surface area contributed by atoms with Gasteiger partial charge in [-0.25, -0.2) is 8.78 Å². The predicted molar refractivity (Wildman–Crippen MR) is 49.0 cm³/mol. The van der Waals surface area contributed by atoms with Crippen LogP contribution >= 0.6 is 0 Å². The second-order valence-corrected chi connectivity index (χ2v) is 3.81. The average Bonchev–Trinajstić information content (AvgIpc) is 2.50. The van der Waals surface area contributed by atoms with Crippen molar-refractivity contribution in [3.8, 4) is 0 Å². The molecule has 1 atom stereocenters. The smallest absolute Gasteiger partial charge is 0.303 e. The maximum Gasteiger partial charge on any atom is 0.303 e. The van der Waals surface area contributed by atoms with Crippen molar-refractivity contribution in [2.24, 2.45) is 0 Å². The number of nitrogens with zero attached hydrogens (tertiary/aromatic N) is 1. The maximum atomic E-state index is 13.0. The molecule has 1 amide bonds. The first kappa shape index (κ1) is 12.8. The first-order chi connectivity index (χ1) is 7.35. The minimum Gasteiger partial charge on any atom is -0.481 e. The van der Waals surface area contributed by atoms with E-state index in [9.17, 15) is 18.4 Å². The molecule has 0 spiro atoms. The van der Waals surface area contributed by atoms with Crippen molar-refractivity contribution in [3.63, 3.8) is 0 Å². The van der Waals surface area contributed by atoms with E-state index in [1.54, 1.807) is 0 Å². The number of aliphatic hydroxyl groups is 1. The van der Waals surface area contributed by atoms with Crippen LogP contribution in [0.5, 0.6) is 0 Å². The lowest BCUT2D eigenvalue weighted by atomic mass is 10.2. The van der Waals surface area contributed by atoms with E-state index in [-0.39, 0.29) is 12.8 Å². The van der Waals surface area contributed by atoms with Gasteiger partial charge in [0, 0.05) is 12.8 Å². The van der Waals surface area contributed by atoms with E-state index in [1.165, 1.54) is 0 Å². The van der Waals surface area contributed by atoms with Crippen molar-refractivity contribution in [2.45, 2.75) is 31.2 Å². The minimum absolute atomic E-state index is 0.318. The molecule has 1 rings (SSSR count). The van der Waals surface area contributed by atoms with E-state index in [1.807, 2.05) is 0 Å². The van der Waals surface area contributed by atoms with E-state index in [2.05, 4.69) is 0 Å². The number of rotatable bonds is 4. The highest BCUT2D eigenvalue weighted by molar-refractivity contribution is 5.81. The van der Waals surface area contributed by atoms with Crippen molar-refractivity contribution in [1.82, 2.24) is 4.90 Å². The van der Waals surface area contributed by atoms with Crippen LogP contribution in [0, 0.1) is 0 Å². The molecule has 1 aliphatic heterocycles. The minimum atomic E-state index is -2.99. The Balaban J connectivity index is 2.57. The summed E-state index contributed by atoms with van der Waals surface area (Å²) in [6.45, 7) is -1.27. The first-order valence-corrected chi connectivity index (χ1v) is 4.85. The number of carboxylic acids is 1. The summed E-state index contributed by atoms with van der Waals surface area (Å²) < 4.78 is 25.9. The summed E-state index contributed by atoms with van der Waals surface area (Å²) >= 11 is 0. The van der Waals surface area contributed by atoms with Gasteiger partial charge in [-0.05, 0) is 0 Å². The summed E-state index contributed by atoms with van der Waals surface area (Å²) in [6.07, 6.45) is -1.27. The Labute approximate surface area is 90.7 Å². The van der Waals surface area contributed by atoms with Crippen LogP contribution in [-0.4, -0.2) is 52.1 Å². The maximum absolute atomic E-state index is 13.0. The van der Waals surface area contributed by atoms with Crippen LogP contribution < -0.4 is 0 Å². The number of carboxylic acid groups (broad SMARTS) is 1. The third-order valence-electron chi connectivity index (χ3n) is 2.46. The molecule has 92 valence electrons. The molecule has 1 aliphatic rings. The topological polar surface area (TPSA) is 77.8 Å². The molecular weight excluding hydrogens is 224 g/mol. The van der Waals surface area contributed by atoms with Gasteiger partial charge >= 0.3 is 5.97 Å². The predicted octanol–water partition coefficient (Wildman–Crippen LogP) is 0.0797. The largest absolute Gasteiger partial charge is 0.481 e. The van der Waals surface area contributed by atoms with Crippen LogP contribution in [0.4, 0.5) is 8.78 Å². The number of halogens is 2. The quantitative estimate of drug-likeness (QED) is 0.725. The van der Waals surface area contributed by atoms with Crippen molar-refractivity contribution in [2.75, 3.05) is 13.2 Å². The monoisotopic (exact) mass is 237 g/mol. The van der Waals surface area contributed by atoms with Gasteiger partial charge < -0.3 is 15.1 Å². The summed E-state index contributed by atoms with van der Waals surface area (Å²) in [5, 5.41) is 17.2. The van der Waals surface area contributed by atoms with Crippen LogP contribution in [0.25, 0.3) is 0 Å². The fourth-order valence-electron chi connectivity index (χ4n) is 1.71. The van der Waals surface area contributed by atoms with Crippen LogP contribution in [0.3, 0.4) is 0 Å². The van der Waals surface area contributed by atoms with Crippen molar-refractivity contribution >= 4 is 11.9 Å². The van der Waals surface area contributed by atoms with E-state index < -0.39 is 43.4 Å². The fraction of sp³-hybridized carbons (Fsp3) is 0.778. The zero-order valence-corrected chi connectivity index (χ0v) is 8.53. The van der Waals surface area contributed by atoms with Gasteiger partial charge in [-0.2, -0.15) is 0 Å². The van der Waals surface area contributed by atoms with E-state index in [4.69, 9.17) is 10.2 Å². The van der Waals surface area contributed by atoms with Crippen LogP contribution in [0.15, 0.2) is 0 Å². The lowest BCUT2D eigenvalue weighted by Crippen LogP contribution is -2.38. The third kappa shape index (κ3) is 3.13. The lowest BCUT2D eigenvalue weighted by molar-refractivity contribution is -0.141. The molecule has 2 N–H and O–H groups in total. The van der Waals surface area contributed by atoms with Gasteiger partial charge in [-0.3, -0.25) is 9.59 Å². The Morgan fingerprint density at radius 1 is 1.38 bits per heavy atom. The molecule has 1 fully saturated rings. The molecule has 1 saturated heterocycles. The number of amides is 1. The number of hydrogen-bond donors (Lipinski definition) is 2. The van der Waals surface area contributed by atoms with Gasteiger partial charge in [0.15, 0.2) is 0 Å². The Hall–Kier alpha value is -1.24. The second kappa shape index (κ2) is 4.73. The average molecular weight is 237 g/mol. The molecule has 5 nitrogen and oxygen atoms in total. The number of carbonyl (C=O) groups excluding carboxylic acids is 1. The van der Waals surface area contributed by atoms with Gasteiger partial charge in [-0.1, -0.05) is 0 Å². The molecule has 0 aromatic rings. The molecule has 0 saturated carbocycles. The van der Waals surface area contributed by atoms with Crippen LogP contribution in [-0.2, 0) is 9.59 Å². The van der Waals surface area contributed by atoms with Crippen molar-refractivity contribution in [1.29, 1.82) is 0 Å². The van der Waals surface area contributed by atoms with Crippen molar-refractivity contribution in [3.05, 3.63) is 0 Å². The summed E-state index contributed by atoms with van der Waals surface area (Å²) in [7, 11) is 0. The van der Waals surface area contributed by atoms with E-state index in [0.29, 0.717) is 0 Å². The zero-order chi connectivity index (χ0) is 12.3. The standard InChI is InChI=1S/C9H13F2NO4/c10-9(11)3-6(4-13)12(5-9)7(14)1-2-8(15)16/h6,13H,1-5H2,(H,15,16)/t6-/m1/s1. The molecule has 0 bridgehead atoms. The number of hydrogen-bond acceptors (Lipinski definition) is 3. The third-order valence-corrected chi connectivity index (χ3v) is 2.46. The van der Waals surface area contributed by atoms with Crippen molar-refractivity contribution < 1.29 is 28.6 Å². The second-order valence-electron chi connectivity index (χ2n) is 3.81. The molecule has 7 heteroatoms. The van der Waals surface area contributed by atoms with E-state index in [0.717, 1.165) is 4.90 Å². The number of aliphatic hydroxyl groups excluding tert-OH is 1. The lowest BCUT2D eigenvalue weighted by Gasteiger charge is -2.21. The highest BCUT2D eigenvalue weighted by Crippen LogP contribution is 2.32. The molecule has 0 radical (unpaired) electrons. The zero-order valence-electron chi connectivity index (χ0n) is 8.53. The first-order valence-electron chi connectivity index (χ1n) is 4.85. The van der Waals surface area contributed by atoms with Gasteiger partial charge in [0.1, 0.15) is 0 Å². The van der Waals surface area contributed by atoms with Gasteiger partial charge in [0.05, 0.1) is 25.6 Å². The molecule has 16 heavy (non-hydrogen) atoms. The molecule has 1 heterocycles. The Morgan fingerprint density at radius 3 is 2.50 bits per heavy atom. The Morgan fingerprint density at radius 2 is 2.00 bits per heavy atom. The Bertz CT molecular complexity index is 295. The summed E-state index contributed by atoms with van der Waals surface area (Å²) in [5.74, 6) is -4.80. The molecule has 0 aromatic carbocycles. The number of alkyl halides is 2. The molecular formula is C9H13F2NO4. The number of carbonyl (C=O) groups is 2. The fourth-order valence-corrected chi connectivity index (χ4v) is 1.71. The molecule has 0 unspecified atom stereocenters. The highest BCUT2D eigenvalue weighted by Gasteiger charge is 2.46. The summed E-state index contributed by atoms with van der Waals surface area (Å²) in [5.41, 5.74) is 0. The van der Waals surface area contributed by atoms with Crippen LogP contribution in [0.1, 0.15) is 19.3 Å². The Kier molecular flexibility index (Phi) is 3.79. The normalized spacial score (nSPS) is 23.4. The van der Waals surface area contributed by atoms with E-state index >= 15 is 0 Å². The van der Waals surface area contributed by atoms with Gasteiger partial charge in [0.2, 0.25) is 5.91 Å². The summed E-state index contributed by atoms with van der Waals surface area (Å²) in [6, 6.07) is -0.906. The van der Waals surface area contributed by atoms with Gasteiger partial charge in [-0.15, -0.1) is 0 Å². The van der Waals surface area contributed by atoms with Crippen LogP contribution in [0.2, 0.25) is 0 Å². The van der Waals surface area contributed by atoms with Gasteiger partial charge in [0.25, 0.3) is 5.92 Å². The molecule has 0 aliphatic carbocycles. The SMILES string of the molecule is O=C(O)CCC(=O)N1CC(F)(F)C[C@@H]1CO.